The smallest absolute Gasteiger partial charge is 0.222 e. The molecule has 1 amide bonds. The molecular weight excluding hydrogens is 242 g/mol. The normalized spacial score (nSPS) is 12.3. The number of nitrogens with zero attached hydrogens (tertiary/aromatic N) is 3. The van der Waals surface area contributed by atoms with E-state index in [0.29, 0.717) is 13.0 Å². The predicted octanol–water partition coefficient (Wildman–Crippen LogP) is 1.65. The summed E-state index contributed by atoms with van der Waals surface area (Å²) < 4.78 is 2.00. The zero-order valence-electron chi connectivity index (χ0n) is 11.0. The van der Waals surface area contributed by atoms with Gasteiger partial charge in [-0.2, -0.15) is 5.10 Å². The Hall–Kier alpha value is -2.11. The van der Waals surface area contributed by atoms with Crippen molar-refractivity contribution in [3.05, 3.63) is 36.7 Å². The van der Waals surface area contributed by atoms with Crippen LogP contribution in [0.5, 0.6) is 0 Å². The Labute approximate surface area is 112 Å². The first-order valence-electron chi connectivity index (χ1n) is 6.52. The molecule has 0 aliphatic rings. The summed E-state index contributed by atoms with van der Waals surface area (Å²) in [5.41, 5.74) is 0.906. The summed E-state index contributed by atoms with van der Waals surface area (Å²) in [6, 6.07) is 2.02. The van der Waals surface area contributed by atoms with E-state index < -0.39 is 0 Å². The molecule has 2 rings (SSSR count). The van der Waals surface area contributed by atoms with Crippen LogP contribution in [-0.4, -0.2) is 25.7 Å². The zero-order chi connectivity index (χ0) is 13.5. The molecule has 0 saturated heterocycles. The molecule has 6 heteroatoms. The third-order valence-electron chi connectivity index (χ3n) is 3.02. The highest BCUT2D eigenvalue weighted by Gasteiger charge is 2.14. The van der Waals surface area contributed by atoms with Gasteiger partial charge in [-0.25, -0.2) is 4.98 Å². The number of carbonyl (C=O) groups is 1. The van der Waals surface area contributed by atoms with Crippen molar-refractivity contribution in [3.8, 4) is 0 Å². The Morgan fingerprint density at radius 3 is 3.05 bits per heavy atom. The molecule has 0 aliphatic carbocycles. The Morgan fingerprint density at radius 2 is 2.42 bits per heavy atom. The third-order valence-corrected chi connectivity index (χ3v) is 3.02. The van der Waals surface area contributed by atoms with Gasteiger partial charge >= 0.3 is 0 Å². The van der Waals surface area contributed by atoms with Crippen LogP contribution in [0.15, 0.2) is 31.0 Å². The van der Waals surface area contributed by atoms with Gasteiger partial charge in [0, 0.05) is 31.1 Å². The lowest BCUT2D eigenvalue weighted by Gasteiger charge is -2.17. The van der Waals surface area contributed by atoms with Gasteiger partial charge in [-0.15, -0.1) is 0 Å². The average Bonchev–Trinajstić information content (AvgIpc) is 3.09. The molecule has 0 fully saturated rings. The van der Waals surface area contributed by atoms with E-state index in [2.05, 4.69) is 27.4 Å². The summed E-state index contributed by atoms with van der Waals surface area (Å²) in [4.78, 5) is 16.0. The van der Waals surface area contributed by atoms with Crippen molar-refractivity contribution in [1.29, 1.82) is 0 Å². The van der Waals surface area contributed by atoms with E-state index in [9.17, 15) is 4.79 Å². The summed E-state index contributed by atoms with van der Waals surface area (Å²) in [5, 5.41) is 9.55. The first-order valence-corrected chi connectivity index (χ1v) is 6.52. The second kappa shape index (κ2) is 6.72. The van der Waals surface area contributed by atoms with Gasteiger partial charge in [0.1, 0.15) is 0 Å². The van der Waals surface area contributed by atoms with Crippen molar-refractivity contribution in [2.75, 3.05) is 0 Å². The molecule has 0 saturated carbocycles. The van der Waals surface area contributed by atoms with E-state index in [0.717, 1.165) is 18.5 Å². The van der Waals surface area contributed by atoms with Crippen LogP contribution in [0.1, 0.15) is 37.9 Å². The molecule has 0 bridgehead atoms. The molecule has 0 spiro atoms. The summed E-state index contributed by atoms with van der Waals surface area (Å²) in [6.07, 6.45) is 9.56. The summed E-state index contributed by atoms with van der Waals surface area (Å²) in [5.74, 6) is 0.0433. The molecule has 2 aromatic heterocycles. The van der Waals surface area contributed by atoms with Crippen LogP contribution < -0.4 is 5.32 Å². The maximum atomic E-state index is 11.9. The Morgan fingerprint density at radius 1 is 1.53 bits per heavy atom. The topological polar surface area (TPSA) is 75.6 Å². The number of rotatable bonds is 7. The maximum absolute atomic E-state index is 11.9. The molecule has 102 valence electrons. The average molecular weight is 261 g/mol. The highest BCUT2D eigenvalue weighted by atomic mass is 16.1. The van der Waals surface area contributed by atoms with E-state index in [1.807, 2.05) is 16.8 Å². The van der Waals surface area contributed by atoms with E-state index in [1.165, 1.54) is 0 Å². The molecule has 0 aliphatic heterocycles. The van der Waals surface area contributed by atoms with Crippen LogP contribution in [0.4, 0.5) is 0 Å². The van der Waals surface area contributed by atoms with Crippen LogP contribution in [0.25, 0.3) is 0 Å². The van der Waals surface area contributed by atoms with Crippen LogP contribution in [0.2, 0.25) is 0 Å². The number of aromatic nitrogens is 4. The van der Waals surface area contributed by atoms with Crippen molar-refractivity contribution >= 4 is 5.91 Å². The Bertz CT molecular complexity index is 477. The lowest BCUT2D eigenvalue weighted by atomic mass is 10.1. The van der Waals surface area contributed by atoms with Crippen molar-refractivity contribution in [2.45, 2.75) is 38.8 Å². The van der Waals surface area contributed by atoms with E-state index in [1.54, 1.807) is 18.7 Å². The van der Waals surface area contributed by atoms with Gasteiger partial charge in [-0.1, -0.05) is 13.3 Å². The van der Waals surface area contributed by atoms with Crippen molar-refractivity contribution in [3.63, 3.8) is 0 Å². The molecule has 2 N–H and O–H groups in total. The standard InChI is InChI=1S/C13H19N5O/c1-2-3-12(18-7-6-14-10-18)8-13(19)15-9-11-4-5-16-17-11/h4-7,10,12H,2-3,8-9H2,1H3,(H,15,19)(H,16,17). The number of H-pyrrole nitrogens is 1. The molecule has 1 unspecified atom stereocenters. The monoisotopic (exact) mass is 261 g/mol. The summed E-state index contributed by atoms with van der Waals surface area (Å²) >= 11 is 0. The van der Waals surface area contributed by atoms with Crippen LogP contribution in [0.3, 0.4) is 0 Å². The van der Waals surface area contributed by atoms with E-state index in [4.69, 9.17) is 0 Å². The van der Waals surface area contributed by atoms with Crippen LogP contribution in [0, 0.1) is 0 Å². The van der Waals surface area contributed by atoms with Gasteiger partial charge < -0.3 is 9.88 Å². The minimum Gasteiger partial charge on any atom is -0.350 e. The quantitative estimate of drug-likeness (QED) is 0.795. The number of hydrogen-bond donors (Lipinski definition) is 2. The number of carbonyl (C=O) groups excluding carboxylic acids is 1. The van der Waals surface area contributed by atoms with Crippen molar-refractivity contribution < 1.29 is 4.79 Å². The molecule has 2 heterocycles. The van der Waals surface area contributed by atoms with Crippen molar-refractivity contribution in [2.24, 2.45) is 0 Å². The van der Waals surface area contributed by atoms with E-state index in [-0.39, 0.29) is 11.9 Å². The fraction of sp³-hybridized carbons (Fsp3) is 0.462. The van der Waals surface area contributed by atoms with E-state index >= 15 is 0 Å². The Balaban J connectivity index is 1.85. The minimum atomic E-state index is 0.0433. The first kappa shape index (κ1) is 13.3. The minimum absolute atomic E-state index is 0.0433. The second-order valence-corrected chi connectivity index (χ2v) is 4.52. The molecule has 19 heavy (non-hydrogen) atoms. The molecule has 0 aromatic carbocycles. The van der Waals surface area contributed by atoms with Gasteiger partial charge in [0.2, 0.25) is 5.91 Å². The van der Waals surface area contributed by atoms with Gasteiger partial charge in [-0.05, 0) is 12.5 Å². The number of imidazole rings is 1. The molecule has 0 radical (unpaired) electrons. The molecule has 2 aromatic rings. The summed E-state index contributed by atoms with van der Waals surface area (Å²) in [6.45, 7) is 2.61. The number of hydrogen-bond acceptors (Lipinski definition) is 3. The fourth-order valence-corrected chi connectivity index (χ4v) is 2.04. The van der Waals surface area contributed by atoms with Gasteiger partial charge in [0.05, 0.1) is 18.6 Å². The van der Waals surface area contributed by atoms with Crippen LogP contribution >= 0.6 is 0 Å². The number of amides is 1. The first-order chi connectivity index (χ1) is 9.29. The Kier molecular flexibility index (Phi) is 4.72. The summed E-state index contributed by atoms with van der Waals surface area (Å²) in [7, 11) is 0. The third kappa shape index (κ3) is 3.94. The van der Waals surface area contributed by atoms with Crippen LogP contribution in [-0.2, 0) is 11.3 Å². The second-order valence-electron chi connectivity index (χ2n) is 4.52. The van der Waals surface area contributed by atoms with Gasteiger partial charge in [0.25, 0.3) is 0 Å². The number of nitrogens with one attached hydrogen (secondary N) is 2. The van der Waals surface area contributed by atoms with Gasteiger partial charge in [0.15, 0.2) is 0 Å². The SMILES string of the molecule is CCCC(CC(=O)NCc1ccn[nH]1)n1ccnc1. The number of aromatic amines is 1. The maximum Gasteiger partial charge on any atom is 0.222 e. The highest BCUT2D eigenvalue weighted by Crippen LogP contribution is 2.17. The predicted molar refractivity (Wildman–Crippen MR) is 71.2 cm³/mol. The highest BCUT2D eigenvalue weighted by molar-refractivity contribution is 5.76. The fourth-order valence-electron chi connectivity index (χ4n) is 2.04. The largest absolute Gasteiger partial charge is 0.350 e. The lowest BCUT2D eigenvalue weighted by molar-refractivity contribution is -0.122. The molecular formula is C13H19N5O. The zero-order valence-corrected chi connectivity index (χ0v) is 11.0. The molecule has 1 atom stereocenters. The van der Waals surface area contributed by atoms with Crippen molar-refractivity contribution in [1.82, 2.24) is 25.1 Å². The lowest BCUT2D eigenvalue weighted by Crippen LogP contribution is -2.26. The molecule has 6 nitrogen and oxygen atoms in total. The van der Waals surface area contributed by atoms with Gasteiger partial charge in [-0.3, -0.25) is 9.89 Å².